The number of anilines is 3. The molecule has 0 unspecified atom stereocenters. The highest BCUT2D eigenvalue weighted by Gasteiger charge is 2.16. The third kappa shape index (κ3) is 2.80. The number of nitrogens with two attached hydrogens (primary N) is 1. The second-order valence-corrected chi connectivity index (χ2v) is 5.49. The van der Waals surface area contributed by atoms with E-state index in [1.54, 1.807) is 16.8 Å². The van der Waals surface area contributed by atoms with Crippen LogP contribution in [0.2, 0.25) is 10.0 Å². The van der Waals surface area contributed by atoms with Gasteiger partial charge in [0.2, 0.25) is 0 Å². The monoisotopic (exact) mass is 298 g/mol. The Hall–Kier alpha value is -1.39. The first-order valence-electron chi connectivity index (χ1n) is 5.94. The van der Waals surface area contributed by atoms with Crippen molar-refractivity contribution < 1.29 is 0 Å². The van der Waals surface area contributed by atoms with E-state index in [1.807, 2.05) is 13.1 Å². The minimum absolute atomic E-state index is 0.274. The molecule has 0 saturated carbocycles. The average Bonchev–Trinajstić information content (AvgIpc) is 2.62. The highest BCUT2D eigenvalue weighted by Crippen LogP contribution is 2.32. The molecule has 0 amide bonds. The van der Waals surface area contributed by atoms with Gasteiger partial charge in [-0.1, -0.05) is 37.0 Å². The Morgan fingerprint density at radius 2 is 1.95 bits per heavy atom. The summed E-state index contributed by atoms with van der Waals surface area (Å²) in [6.45, 7) is 4.11. The van der Waals surface area contributed by atoms with Crippen LogP contribution < -0.4 is 11.1 Å². The zero-order valence-corrected chi connectivity index (χ0v) is 12.5. The van der Waals surface area contributed by atoms with E-state index >= 15 is 0 Å². The molecule has 102 valence electrons. The van der Waals surface area contributed by atoms with Crippen LogP contribution >= 0.6 is 23.2 Å². The van der Waals surface area contributed by atoms with E-state index in [0.717, 1.165) is 17.2 Å². The largest absolute Gasteiger partial charge is 0.394 e. The van der Waals surface area contributed by atoms with Crippen molar-refractivity contribution in [3.8, 4) is 0 Å². The molecule has 0 bridgehead atoms. The van der Waals surface area contributed by atoms with Crippen molar-refractivity contribution in [3.63, 3.8) is 0 Å². The second kappa shape index (κ2) is 5.31. The van der Waals surface area contributed by atoms with Crippen molar-refractivity contribution in [2.75, 3.05) is 11.1 Å². The number of nitrogen functional groups attached to an aromatic ring is 1. The number of hydrogen-bond acceptors (Lipinski definition) is 3. The number of hydrogen-bond donors (Lipinski definition) is 2. The fourth-order valence-corrected chi connectivity index (χ4v) is 2.14. The van der Waals surface area contributed by atoms with Crippen LogP contribution in [0, 0.1) is 0 Å². The standard InChI is InChI=1S/C13H16Cl2N4/c1-7(2)12-11(16)13(19(3)18-12)17-8-4-5-9(14)10(15)6-8/h4-7,17H,16H2,1-3H3. The molecule has 0 aliphatic rings. The molecule has 0 aliphatic heterocycles. The van der Waals surface area contributed by atoms with Crippen LogP contribution in [0.1, 0.15) is 25.5 Å². The molecule has 4 nitrogen and oxygen atoms in total. The maximum atomic E-state index is 6.12. The summed E-state index contributed by atoms with van der Waals surface area (Å²) >= 11 is 11.9. The average molecular weight is 299 g/mol. The zero-order valence-electron chi connectivity index (χ0n) is 11.0. The fourth-order valence-electron chi connectivity index (χ4n) is 1.85. The molecule has 0 spiro atoms. The number of aryl methyl sites for hydroxylation is 1. The van der Waals surface area contributed by atoms with Gasteiger partial charge >= 0.3 is 0 Å². The van der Waals surface area contributed by atoms with Crippen molar-refractivity contribution in [1.82, 2.24) is 9.78 Å². The summed E-state index contributed by atoms with van der Waals surface area (Å²) < 4.78 is 1.73. The van der Waals surface area contributed by atoms with E-state index in [2.05, 4.69) is 24.3 Å². The van der Waals surface area contributed by atoms with Crippen LogP contribution in [0.3, 0.4) is 0 Å². The van der Waals surface area contributed by atoms with Gasteiger partial charge in [-0.15, -0.1) is 0 Å². The number of halogens is 2. The van der Waals surface area contributed by atoms with E-state index in [9.17, 15) is 0 Å². The first kappa shape index (κ1) is 14.0. The Kier molecular flexibility index (Phi) is 3.92. The molecule has 3 N–H and O–H groups in total. The summed E-state index contributed by atoms with van der Waals surface area (Å²) in [6.07, 6.45) is 0. The van der Waals surface area contributed by atoms with Crippen LogP contribution in [-0.4, -0.2) is 9.78 Å². The van der Waals surface area contributed by atoms with E-state index in [-0.39, 0.29) is 5.92 Å². The molecule has 0 aliphatic carbocycles. The molecule has 1 aromatic heterocycles. The van der Waals surface area contributed by atoms with Crippen molar-refractivity contribution in [1.29, 1.82) is 0 Å². The van der Waals surface area contributed by atoms with E-state index < -0.39 is 0 Å². The molecule has 1 heterocycles. The fraction of sp³-hybridized carbons (Fsp3) is 0.308. The Labute approximate surface area is 122 Å². The van der Waals surface area contributed by atoms with Crippen molar-refractivity contribution in [2.24, 2.45) is 7.05 Å². The summed E-state index contributed by atoms with van der Waals surface area (Å²) in [4.78, 5) is 0. The topological polar surface area (TPSA) is 55.9 Å². The smallest absolute Gasteiger partial charge is 0.152 e. The second-order valence-electron chi connectivity index (χ2n) is 4.68. The lowest BCUT2D eigenvalue weighted by atomic mass is 10.1. The van der Waals surface area contributed by atoms with Gasteiger partial charge in [0.1, 0.15) is 0 Å². The summed E-state index contributed by atoms with van der Waals surface area (Å²) in [5.41, 5.74) is 8.47. The first-order valence-corrected chi connectivity index (χ1v) is 6.70. The number of benzene rings is 1. The number of nitrogens with one attached hydrogen (secondary N) is 1. The molecule has 0 atom stereocenters. The van der Waals surface area contributed by atoms with Gasteiger partial charge < -0.3 is 11.1 Å². The van der Waals surface area contributed by atoms with Crippen molar-refractivity contribution >= 4 is 40.4 Å². The molecular formula is C13H16Cl2N4. The van der Waals surface area contributed by atoms with Gasteiger partial charge in [-0.05, 0) is 24.1 Å². The van der Waals surface area contributed by atoms with Crippen molar-refractivity contribution in [3.05, 3.63) is 33.9 Å². The van der Waals surface area contributed by atoms with E-state index in [4.69, 9.17) is 28.9 Å². The van der Waals surface area contributed by atoms with Crippen LogP contribution in [0.5, 0.6) is 0 Å². The molecule has 6 heteroatoms. The number of aromatic nitrogens is 2. The van der Waals surface area contributed by atoms with Gasteiger partial charge in [0.15, 0.2) is 5.82 Å². The van der Waals surface area contributed by atoms with Gasteiger partial charge in [-0.2, -0.15) is 5.10 Å². The van der Waals surface area contributed by atoms with Crippen molar-refractivity contribution in [2.45, 2.75) is 19.8 Å². The normalized spacial score (nSPS) is 11.1. The lowest BCUT2D eigenvalue weighted by Crippen LogP contribution is -2.01. The highest BCUT2D eigenvalue weighted by atomic mass is 35.5. The Morgan fingerprint density at radius 1 is 1.26 bits per heavy atom. The van der Waals surface area contributed by atoms with Crippen LogP contribution in [0.4, 0.5) is 17.2 Å². The van der Waals surface area contributed by atoms with Crippen LogP contribution in [0.25, 0.3) is 0 Å². The van der Waals surface area contributed by atoms with E-state index in [0.29, 0.717) is 15.7 Å². The molecule has 2 aromatic rings. The lowest BCUT2D eigenvalue weighted by Gasteiger charge is -2.09. The van der Waals surface area contributed by atoms with Crippen LogP contribution in [0.15, 0.2) is 18.2 Å². The molecule has 1 aromatic carbocycles. The van der Waals surface area contributed by atoms with Crippen LogP contribution in [-0.2, 0) is 7.05 Å². The molecule has 0 fully saturated rings. The van der Waals surface area contributed by atoms with Gasteiger partial charge in [-0.3, -0.25) is 4.68 Å². The third-order valence-corrected chi connectivity index (χ3v) is 3.58. The third-order valence-electron chi connectivity index (χ3n) is 2.84. The van der Waals surface area contributed by atoms with Gasteiger partial charge in [-0.25, -0.2) is 0 Å². The predicted octanol–water partition coefficient (Wildman–Crippen LogP) is 4.18. The molecule has 19 heavy (non-hydrogen) atoms. The number of nitrogens with zero attached hydrogens (tertiary/aromatic N) is 2. The summed E-state index contributed by atoms with van der Waals surface area (Å²) in [5, 5.41) is 8.65. The summed E-state index contributed by atoms with van der Waals surface area (Å²) in [5.74, 6) is 1.03. The summed E-state index contributed by atoms with van der Waals surface area (Å²) in [6, 6.07) is 5.34. The molecule has 0 radical (unpaired) electrons. The molecule has 2 rings (SSSR count). The maximum Gasteiger partial charge on any atom is 0.152 e. The maximum absolute atomic E-state index is 6.12. The quantitative estimate of drug-likeness (QED) is 0.894. The Bertz CT molecular complexity index is 605. The zero-order chi connectivity index (χ0) is 14.2. The first-order chi connectivity index (χ1) is 8.90. The van der Waals surface area contributed by atoms with E-state index in [1.165, 1.54) is 0 Å². The van der Waals surface area contributed by atoms with Gasteiger partial charge in [0, 0.05) is 12.7 Å². The predicted molar refractivity (Wildman–Crippen MR) is 81.5 cm³/mol. The molecule has 0 saturated heterocycles. The Morgan fingerprint density at radius 3 is 2.47 bits per heavy atom. The molecular weight excluding hydrogens is 283 g/mol. The number of rotatable bonds is 3. The van der Waals surface area contributed by atoms with Gasteiger partial charge in [0.25, 0.3) is 0 Å². The lowest BCUT2D eigenvalue weighted by molar-refractivity contribution is 0.718. The summed E-state index contributed by atoms with van der Waals surface area (Å²) in [7, 11) is 1.85. The SMILES string of the molecule is CC(C)c1nn(C)c(Nc2ccc(Cl)c(Cl)c2)c1N. The highest BCUT2D eigenvalue weighted by molar-refractivity contribution is 6.42. The minimum Gasteiger partial charge on any atom is -0.394 e. The van der Waals surface area contributed by atoms with Gasteiger partial charge in [0.05, 0.1) is 21.4 Å². The Balaban J connectivity index is 2.35. The minimum atomic E-state index is 0.274.